The summed E-state index contributed by atoms with van der Waals surface area (Å²) in [5.41, 5.74) is 0.821. The van der Waals surface area contributed by atoms with Crippen LogP contribution in [0.25, 0.3) is 5.65 Å². The summed E-state index contributed by atoms with van der Waals surface area (Å²) in [4.78, 5) is 18.6. The van der Waals surface area contributed by atoms with Gasteiger partial charge in [0.15, 0.2) is 0 Å². The van der Waals surface area contributed by atoms with Crippen LogP contribution in [0.2, 0.25) is 0 Å². The van der Waals surface area contributed by atoms with Crippen LogP contribution in [0.15, 0.2) is 30.6 Å². The zero-order valence-electron chi connectivity index (χ0n) is 12.7. The monoisotopic (exact) mass is 303 g/mol. The molecule has 2 aromatic rings. The van der Waals surface area contributed by atoms with E-state index in [9.17, 15) is 9.90 Å². The van der Waals surface area contributed by atoms with Crippen molar-refractivity contribution in [1.82, 2.24) is 14.3 Å². The number of aromatic nitrogens is 2. The van der Waals surface area contributed by atoms with Crippen LogP contribution < -0.4 is 0 Å². The van der Waals surface area contributed by atoms with Gasteiger partial charge in [0.1, 0.15) is 5.65 Å². The topological polar surface area (TPSA) is 67.1 Å². The summed E-state index contributed by atoms with van der Waals surface area (Å²) in [5.74, 6) is 0.0582. The Morgan fingerprint density at radius 2 is 2.18 bits per heavy atom. The van der Waals surface area contributed by atoms with E-state index in [4.69, 9.17) is 4.74 Å². The first-order valence-electron chi connectivity index (χ1n) is 7.51. The van der Waals surface area contributed by atoms with Gasteiger partial charge in [0, 0.05) is 32.6 Å². The molecule has 0 aliphatic carbocycles. The van der Waals surface area contributed by atoms with E-state index in [0.29, 0.717) is 39.0 Å². The molecule has 1 amide bonds. The lowest BCUT2D eigenvalue weighted by molar-refractivity contribution is -0.136. The molecule has 6 heteroatoms. The molecule has 1 fully saturated rings. The van der Waals surface area contributed by atoms with Gasteiger partial charge >= 0.3 is 0 Å². The van der Waals surface area contributed by atoms with Crippen LogP contribution in [0.3, 0.4) is 0 Å². The van der Waals surface area contributed by atoms with Crippen molar-refractivity contribution < 1.29 is 14.6 Å². The summed E-state index contributed by atoms with van der Waals surface area (Å²) in [6.45, 7) is 1.44. The fourth-order valence-corrected chi connectivity index (χ4v) is 2.92. The van der Waals surface area contributed by atoms with Crippen LogP contribution in [-0.4, -0.2) is 57.7 Å². The molecule has 1 aliphatic rings. The summed E-state index contributed by atoms with van der Waals surface area (Å²) < 4.78 is 6.96. The molecule has 1 saturated heterocycles. The number of piperidine rings is 1. The SMILES string of the molecule is COCC1(O)CCN(C(=O)Cc2cn3ccccc3n2)CC1. The average molecular weight is 303 g/mol. The van der Waals surface area contributed by atoms with Crippen LogP contribution in [0, 0.1) is 0 Å². The van der Waals surface area contributed by atoms with Crippen molar-refractivity contribution in [2.45, 2.75) is 24.9 Å². The van der Waals surface area contributed by atoms with Crippen molar-refractivity contribution in [3.05, 3.63) is 36.3 Å². The van der Waals surface area contributed by atoms with Crippen LogP contribution >= 0.6 is 0 Å². The van der Waals surface area contributed by atoms with Crippen molar-refractivity contribution in [3.8, 4) is 0 Å². The Morgan fingerprint density at radius 3 is 2.86 bits per heavy atom. The summed E-state index contributed by atoms with van der Waals surface area (Å²) in [6, 6.07) is 5.77. The average Bonchev–Trinajstić information content (AvgIpc) is 2.90. The summed E-state index contributed by atoms with van der Waals surface area (Å²) in [5, 5.41) is 10.3. The van der Waals surface area contributed by atoms with E-state index in [0.717, 1.165) is 11.3 Å². The molecule has 1 aliphatic heterocycles. The van der Waals surface area contributed by atoms with Gasteiger partial charge in [-0.1, -0.05) is 6.07 Å². The molecule has 0 aromatic carbocycles. The van der Waals surface area contributed by atoms with Gasteiger partial charge in [0.05, 0.1) is 24.3 Å². The smallest absolute Gasteiger partial charge is 0.228 e. The quantitative estimate of drug-likeness (QED) is 0.910. The number of fused-ring (bicyclic) bond motifs is 1. The largest absolute Gasteiger partial charge is 0.387 e. The third kappa shape index (κ3) is 3.13. The Kier molecular flexibility index (Phi) is 4.13. The summed E-state index contributed by atoms with van der Waals surface area (Å²) in [6.07, 6.45) is 5.21. The number of pyridine rings is 1. The van der Waals surface area contributed by atoms with E-state index in [-0.39, 0.29) is 5.91 Å². The van der Waals surface area contributed by atoms with Gasteiger partial charge in [0.25, 0.3) is 0 Å². The molecule has 3 heterocycles. The number of amides is 1. The first-order chi connectivity index (χ1) is 10.6. The maximum absolute atomic E-state index is 12.4. The molecule has 6 nitrogen and oxygen atoms in total. The van der Waals surface area contributed by atoms with Crippen LogP contribution in [0.1, 0.15) is 18.5 Å². The zero-order chi connectivity index (χ0) is 15.6. The van der Waals surface area contributed by atoms with Crippen molar-refractivity contribution >= 4 is 11.6 Å². The molecule has 0 unspecified atom stereocenters. The highest BCUT2D eigenvalue weighted by atomic mass is 16.5. The Hall–Kier alpha value is -1.92. The van der Waals surface area contributed by atoms with Gasteiger partial charge in [-0.05, 0) is 25.0 Å². The fourth-order valence-electron chi connectivity index (χ4n) is 2.92. The minimum Gasteiger partial charge on any atom is -0.387 e. The Morgan fingerprint density at radius 1 is 1.41 bits per heavy atom. The first-order valence-corrected chi connectivity index (χ1v) is 7.51. The van der Waals surface area contributed by atoms with Crippen LogP contribution in [0.5, 0.6) is 0 Å². The number of likely N-dealkylation sites (tertiary alicyclic amines) is 1. The molecular weight excluding hydrogens is 282 g/mol. The van der Waals surface area contributed by atoms with Crippen molar-refractivity contribution in [2.75, 3.05) is 26.8 Å². The Balaban J connectivity index is 1.61. The number of nitrogens with zero attached hydrogens (tertiary/aromatic N) is 3. The highest BCUT2D eigenvalue weighted by molar-refractivity contribution is 5.78. The van der Waals surface area contributed by atoms with E-state index in [2.05, 4.69) is 4.98 Å². The Labute approximate surface area is 129 Å². The van der Waals surface area contributed by atoms with E-state index in [1.807, 2.05) is 35.0 Å². The number of ether oxygens (including phenoxy) is 1. The second kappa shape index (κ2) is 6.06. The van der Waals surface area contributed by atoms with Crippen molar-refractivity contribution in [2.24, 2.45) is 0 Å². The molecular formula is C16H21N3O3. The van der Waals surface area contributed by atoms with Gasteiger partial charge in [-0.2, -0.15) is 0 Å². The second-order valence-electron chi connectivity index (χ2n) is 5.91. The second-order valence-corrected chi connectivity index (χ2v) is 5.91. The number of aliphatic hydroxyl groups is 1. The molecule has 118 valence electrons. The van der Waals surface area contributed by atoms with Crippen LogP contribution in [0.4, 0.5) is 0 Å². The molecule has 22 heavy (non-hydrogen) atoms. The Bertz CT molecular complexity index is 626. The van der Waals surface area contributed by atoms with Gasteiger partial charge in [-0.15, -0.1) is 0 Å². The van der Waals surface area contributed by atoms with Gasteiger partial charge in [0.2, 0.25) is 5.91 Å². The maximum atomic E-state index is 12.4. The van der Waals surface area contributed by atoms with Gasteiger partial charge in [-0.25, -0.2) is 4.98 Å². The highest BCUT2D eigenvalue weighted by Crippen LogP contribution is 2.23. The lowest BCUT2D eigenvalue weighted by Gasteiger charge is -2.37. The van der Waals surface area contributed by atoms with Gasteiger partial charge in [-0.3, -0.25) is 4.79 Å². The number of carbonyl (C=O) groups is 1. The minimum atomic E-state index is -0.797. The zero-order valence-corrected chi connectivity index (χ0v) is 12.7. The fraction of sp³-hybridized carbons (Fsp3) is 0.500. The number of methoxy groups -OCH3 is 1. The predicted molar refractivity (Wildman–Crippen MR) is 81.5 cm³/mol. The summed E-state index contributed by atoms with van der Waals surface area (Å²) in [7, 11) is 1.58. The normalized spacial score (nSPS) is 17.8. The molecule has 3 rings (SSSR count). The first kappa shape index (κ1) is 15.0. The molecule has 2 aromatic heterocycles. The standard InChI is InChI=1S/C16H21N3O3/c1-22-12-16(21)5-8-18(9-6-16)15(20)10-13-11-19-7-3-2-4-14(19)17-13/h2-4,7,11,21H,5-6,8-10,12H2,1H3. The molecule has 0 saturated carbocycles. The minimum absolute atomic E-state index is 0.0582. The predicted octanol–water partition coefficient (Wildman–Crippen LogP) is 0.877. The van der Waals surface area contributed by atoms with E-state index < -0.39 is 5.60 Å². The highest BCUT2D eigenvalue weighted by Gasteiger charge is 2.33. The molecule has 1 N–H and O–H groups in total. The number of rotatable bonds is 4. The maximum Gasteiger partial charge on any atom is 0.228 e. The van der Waals surface area contributed by atoms with E-state index >= 15 is 0 Å². The van der Waals surface area contributed by atoms with Gasteiger partial charge < -0.3 is 19.1 Å². The lowest BCUT2D eigenvalue weighted by atomic mass is 9.92. The number of carbonyl (C=O) groups excluding carboxylic acids is 1. The molecule has 0 radical (unpaired) electrons. The van der Waals surface area contributed by atoms with E-state index in [1.165, 1.54) is 0 Å². The van der Waals surface area contributed by atoms with E-state index in [1.54, 1.807) is 12.0 Å². The van der Waals surface area contributed by atoms with Crippen LogP contribution in [-0.2, 0) is 16.0 Å². The third-order valence-electron chi connectivity index (χ3n) is 4.21. The molecule has 0 spiro atoms. The third-order valence-corrected chi connectivity index (χ3v) is 4.21. The number of hydrogen-bond donors (Lipinski definition) is 1. The van der Waals surface area contributed by atoms with Crippen molar-refractivity contribution in [1.29, 1.82) is 0 Å². The number of imidazole rings is 1. The summed E-state index contributed by atoms with van der Waals surface area (Å²) >= 11 is 0. The lowest BCUT2D eigenvalue weighted by Crippen LogP contribution is -2.49. The molecule has 0 bridgehead atoms. The van der Waals surface area contributed by atoms with Crippen molar-refractivity contribution in [3.63, 3.8) is 0 Å². The molecule has 0 atom stereocenters. The number of hydrogen-bond acceptors (Lipinski definition) is 4.